The number of cyclic esters (lactones) is 1. The maximum atomic E-state index is 10.7. The van der Waals surface area contributed by atoms with E-state index in [-0.39, 0.29) is 0 Å². The van der Waals surface area contributed by atoms with Crippen LogP contribution in [0.3, 0.4) is 0 Å². The minimum Gasteiger partial charge on any atom is -0.505 e. The lowest BCUT2D eigenvalue weighted by Crippen LogP contribution is -2.32. The minimum absolute atomic E-state index is 0.608. The summed E-state index contributed by atoms with van der Waals surface area (Å²) >= 11 is 0. The summed E-state index contributed by atoms with van der Waals surface area (Å²) in [5.74, 6) is -2.99. The Morgan fingerprint density at radius 1 is 1.53 bits per heavy atom. The molecule has 0 spiro atoms. The summed E-state index contributed by atoms with van der Waals surface area (Å²) in [6.45, 7) is -0.608. The molecule has 1 rings (SSSR count). The van der Waals surface area contributed by atoms with Gasteiger partial charge in [-0.25, -0.2) is 4.79 Å². The number of aliphatic hydroxyl groups excluding tert-OH is 3. The molecule has 15 heavy (non-hydrogen) atoms. The smallest absolute Gasteiger partial charge is 0.377 e. The van der Waals surface area contributed by atoms with E-state index >= 15 is 0 Å². The van der Waals surface area contributed by atoms with Crippen LogP contribution in [-0.4, -0.2) is 45.0 Å². The number of carbonyl (C=O) groups is 1. The molecule has 0 radical (unpaired) electrons. The second-order valence-corrected chi connectivity index (χ2v) is 3.52. The van der Waals surface area contributed by atoms with E-state index in [0.717, 1.165) is 0 Å². The number of rotatable bonds is 4. The summed E-state index contributed by atoms with van der Waals surface area (Å²) in [6, 6.07) is 0. The van der Waals surface area contributed by atoms with E-state index in [1.807, 2.05) is 0 Å². The predicted octanol–water partition coefficient (Wildman–Crippen LogP) is -1.00. The summed E-state index contributed by atoms with van der Waals surface area (Å²) in [4.78, 5) is 19.0. The first kappa shape index (κ1) is 12.0. The van der Waals surface area contributed by atoms with Gasteiger partial charge in [-0.1, -0.05) is 0 Å². The van der Waals surface area contributed by atoms with Crippen LogP contribution < -0.4 is 0 Å². The van der Waals surface area contributed by atoms with Gasteiger partial charge in [0, 0.05) is 0 Å². The number of aliphatic hydroxyl groups is 3. The molecule has 86 valence electrons. The van der Waals surface area contributed by atoms with Crippen LogP contribution in [-0.2, 0) is 18.6 Å². The topological polar surface area (TPSA) is 134 Å². The first-order valence-electron chi connectivity index (χ1n) is 3.80. The lowest BCUT2D eigenvalue weighted by atomic mass is 10.2. The van der Waals surface area contributed by atoms with Crippen molar-refractivity contribution in [1.82, 2.24) is 0 Å². The van der Waals surface area contributed by atoms with Crippen molar-refractivity contribution in [2.45, 2.75) is 12.2 Å². The van der Waals surface area contributed by atoms with Gasteiger partial charge in [-0.2, -0.15) is 0 Å². The zero-order chi connectivity index (χ0) is 11.6. The molecule has 1 aliphatic heterocycles. The van der Waals surface area contributed by atoms with Crippen LogP contribution >= 0.6 is 8.25 Å². The third-order valence-electron chi connectivity index (χ3n) is 1.67. The maximum Gasteiger partial charge on any atom is 0.377 e. The lowest BCUT2D eigenvalue weighted by molar-refractivity contribution is -0.147. The highest BCUT2D eigenvalue weighted by atomic mass is 31.1. The van der Waals surface area contributed by atoms with Gasteiger partial charge in [-0.3, -0.25) is 4.57 Å². The van der Waals surface area contributed by atoms with E-state index in [2.05, 4.69) is 9.26 Å². The van der Waals surface area contributed by atoms with Crippen molar-refractivity contribution in [1.29, 1.82) is 0 Å². The van der Waals surface area contributed by atoms with Gasteiger partial charge < -0.3 is 29.5 Å². The fraction of sp³-hybridized carbons (Fsp3) is 0.500. The molecule has 4 N–H and O–H groups in total. The van der Waals surface area contributed by atoms with Crippen molar-refractivity contribution in [3.8, 4) is 0 Å². The van der Waals surface area contributed by atoms with Crippen LogP contribution in [0.25, 0.3) is 0 Å². The number of esters is 1. The molecule has 9 heteroatoms. The van der Waals surface area contributed by atoms with Crippen LogP contribution in [0.15, 0.2) is 11.5 Å². The number of carbonyl (C=O) groups excluding carboxylic acids is 1. The second kappa shape index (κ2) is 4.63. The molecule has 0 fully saturated rings. The molecule has 3 atom stereocenters. The quantitative estimate of drug-likeness (QED) is 0.363. The second-order valence-electron chi connectivity index (χ2n) is 2.70. The van der Waals surface area contributed by atoms with Crippen molar-refractivity contribution in [3.05, 3.63) is 11.5 Å². The van der Waals surface area contributed by atoms with Gasteiger partial charge in [0.05, 0.1) is 6.61 Å². The summed E-state index contributed by atoms with van der Waals surface area (Å²) in [5, 5.41) is 27.2. The summed E-state index contributed by atoms with van der Waals surface area (Å²) in [5.41, 5.74) is 0. The van der Waals surface area contributed by atoms with E-state index in [9.17, 15) is 14.5 Å². The molecular formula is C6H9O8P. The molecule has 0 amide bonds. The largest absolute Gasteiger partial charge is 0.505 e. The lowest BCUT2D eigenvalue weighted by Gasteiger charge is -2.16. The van der Waals surface area contributed by atoms with E-state index in [1.165, 1.54) is 0 Å². The Bertz CT molecular complexity index is 323. The fourth-order valence-corrected chi connectivity index (χ4v) is 1.28. The highest BCUT2D eigenvalue weighted by Gasteiger charge is 2.39. The molecule has 8 nitrogen and oxygen atoms in total. The first-order chi connectivity index (χ1) is 6.93. The van der Waals surface area contributed by atoms with Crippen molar-refractivity contribution in [2.75, 3.05) is 6.61 Å². The Kier molecular flexibility index (Phi) is 3.70. The zero-order valence-electron chi connectivity index (χ0n) is 7.28. The highest BCUT2D eigenvalue weighted by Crippen LogP contribution is 2.23. The van der Waals surface area contributed by atoms with Gasteiger partial charge in [0.25, 0.3) is 0 Å². The van der Waals surface area contributed by atoms with Gasteiger partial charge in [0.15, 0.2) is 11.9 Å². The number of hydrogen-bond acceptors (Lipinski definition) is 7. The Hall–Kier alpha value is -1.08. The van der Waals surface area contributed by atoms with Gasteiger partial charge in [-0.05, 0) is 0 Å². The normalized spacial score (nSPS) is 25.2. The minimum atomic E-state index is -3.21. The molecule has 0 saturated heterocycles. The van der Waals surface area contributed by atoms with Gasteiger partial charge in [0.2, 0.25) is 5.76 Å². The van der Waals surface area contributed by atoms with Crippen molar-refractivity contribution < 1.29 is 38.8 Å². The Morgan fingerprint density at radius 2 is 2.13 bits per heavy atom. The zero-order valence-corrected chi connectivity index (χ0v) is 8.28. The van der Waals surface area contributed by atoms with Crippen LogP contribution in [0.4, 0.5) is 0 Å². The Labute approximate surface area is 84.3 Å². The summed E-state index contributed by atoms with van der Waals surface area (Å²) < 4.78 is 18.7. The third-order valence-corrected chi connectivity index (χ3v) is 2.08. The molecule has 0 aliphatic carbocycles. The molecule has 1 aliphatic rings. The highest BCUT2D eigenvalue weighted by molar-refractivity contribution is 7.32. The average molecular weight is 240 g/mol. The molecular weight excluding hydrogens is 231 g/mol. The molecule has 0 aromatic carbocycles. The van der Waals surface area contributed by atoms with Crippen molar-refractivity contribution >= 4 is 14.2 Å². The molecule has 0 aromatic rings. The van der Waals surface area contributed by atoms with Gasteiger partial charge >= 0.3 is 14.2 Å². The van der Waals surface area contributed by atoms with Crippen LogP contribution in [0, 0.1) is 0 Å². The molecule has 1 unspecified atom stereocenters. The Morgan fingerprint density at radius 3 is 2.53 bits per heavy atom. The van der Waals surface area contributed by atoms with Crippen molar-refractivity contribution in [3.63, 3.8) is 0 Å². The number of hydrogen-bond donors (Lipinski definition) is 4. The third kappa shape index (κ3) is 2.69. The Balaban J connectivity index is 2.59. The average Bonchev–Trinajstić information content (AvgIpc) is 2.42. The van der Waals surface area contributed by atoms with Crippen LogP contribution in [0.5, 0.6) is 0 Å². The molecule has 0 saturated carbocycles. The SMILES string of the molecule is O=C1O[C@H]([C@@H](O)CO[PH](=O)O)C(O)=C1O. The van der Waals surface area contributed by atoms with Crippen LogP contribution in [0.1, 0.15) is 0 Å². The van der Waals surface area contributed by atoms with Crippen molar-refractivity contribution in [2.24, 2.45) is 0 Å². The predicted molar refractivity (Wildman–Crippen MR) is 45.3 cm³/mol. The maximum absolute atomic E-state index is 10.7. The van der Waals surface area contributed by atoms with E-state index < -0.39 is 44.6 Å². The standard InChI is InChI=1S/C6H9O8P/c7-2(1-13-15(11)12)5-3(8)4(9)6(10)14-5/h2,5,7-9,15H,1H2,(H,11,12)/t2-,5+/m0/s1. The fourth-order valence-electron chi connectivity index (χ4n) is 0.971. The number of ether oxygens (including phenoxy) is 1. The van der Waals surface area contributed by atoms with E-state index in [1.54, 1.807) is 0 Å². The molecule has 0 bridgehead atoms. The summed E-state index contributed by atoms with van der Waals surface area (Å²) in [7, 11) is -3.21. The van der Waals surface area contributed by atoms with E-state index in [0.29, 0.717) is 0 Å². The molecule has 1 heterocycles. The van der Waals surface area contributed by atoms with E-state index in [4.69, 9.17) is 15.1 Å². The van der Waals surface area contributed by atoms with Gasteiger partial charge in [0.1, 0.15) is 6.10 Å². The first-order valence-corrected chi connectivity index (χ1v) is 5.06. The van der Waals surface area contributed by atoms with Crippen LogP contribution in [0.2, 0.25) is 0 Å². The summed E-state index contributed by atoms with van der Waals surface area (Å²) in [6.07, 6.45) is -3.00. The molecule has 0 aromatic heterocycles. The monoisotopic (exact) mass is 240 g/mol. The van der Waals surface area contributed by atoms with Gasteiger partial charge in [-0.15, -0.1) is 0 Å².